The van der Waals surface area contributed by atoms with Gasteiger partial charge in [-0.15, -0.1) is 18.2 Å². The number of hydrogen-bond acceptors (Lipinski definition) is 1. The number of nitrogens with two attached hydrogens (primary N) is 1. The van der Waals surface area contributed by atoms with Crippen LogP contribution in [0.15, 0.2) is 12.7 Å². The monoisotopic (exact) mass is 189 g/mol. The summed E-state index contributed by atoms with van der Waals surface area (Å²) < 4.78 is 0. The van der Waals surface area contributed by atoms with Crippen molar-refractivity contribution in [3.63, 3.8) is 0 Å². The third-order valence-electron chi connectivity index (χ3n) is 1.88. The zero-order valence-electron chi connectivity index (χ0n) is 7.48. The second kappa shape index (κ2) is 5.20. The van der Waals surface area contributed by atoms with E-state index < -0.39 is 0 Å². The fourth-order valence-corrected chi connectivity index (χ4v) is 1.30. The fraction of sp³-hybridized carbons (Fsp3) is 0.667. The Morgan fingerprint density at radius 2 is 2.33 bits per heavy atom. The van der Waals surface area contributed by atoms with E-state index >= 15 is 0 Å². The third kappa shape index (κ3) is 4.39. The zero-order chi connectivity index (χ0) is 9.61. The molecule has 0 fully saturated rings. The van der Waals surface area contributed by atoms with Gasteiger partial charge in [0, 0.05) is 12.3 Å². The molecule has 1 amide bonds. The Bertz CT molecular complexity index is 170. The van der Waals surface area contributed by atoms with E-state index in [1.807, 2.05) is 13.0 Å². The summed E-state index contributed by atoms with van der Waals surface area (Å²) in [5, 5.41) is 0. The molecule has 0 aliphatic carbocycles. The van der Waals surface area contributed by atoms with Crippen LogP contribution in [0.1, 0.15) is 26.2 Å². The van der Waals surface area contributed by atoms with Crippen molar-refractivity contribution >= 4 is 17.5 Å². The van der Waals surface area contributed by atoms with Crippen LogP contribution in [0.4, 0.5) is 0 Å². The van der Waals surface area contributed by atoms with Crippen LogP contribution in [0.5, 0.6) is 0 Å². The van der Waals surface area contributed by atoms with E-state index in [1.54, 1.807) is 0 Å². The Balaban J connectivity index is 4.03. The van der Waals surface area contributed by atoms with E-state index in [9.17, 15) is 4.79 Å². The summed E-state index contributed by atoms with van der Waals surface area (Å²) in [7, 11) is 0. The van der Waals surface area contributed by atoms with Gasteiger partial charge >= 0.3 is 0 Å². The third-order valence-corrected chi connectivity index (χ3v) is 2.52. The molecule has 0 saturated carbocycles. The molecule has 0 aromatic heterocycles. The molecule has 70 valence electrons. The summed E-state index contributed by atoms with van der Waals surface area (Å²) in [6, 6.07) is 0. The molecule has 0 rings (SSSR count). The minimum Gasteiger partial charge on any atom is -0.370 e. The van der Waals surface area contributed by atoms with Crippen molar-refractivity contribution in [2.24, 2.45) is 11.1 Å². The lowest BCUT2D eigenvalue weighted by atomic mass is 9.84. The molecule has 0 aromatic carbocycles. The maximum Gasteiger partial charge on any atom is 0.218 e. The highest BCUT2D eigenvalue weighted by atomic mass is 35.5. The van der Waals surface area contributed by atoms with Gasteiger partial charge in [-0.3, -0.25) is 4.79 Å². The first kappa shape index (κ1) is 11.5. The van der Waals surface area contributed by atoms with E-state index in [0.29, 0.717) is 12.3 Å². The van der Waals surface area contributed by atoms with Crippen LogP contribution < -0.4 is 5.73 Å². The molecule has 1 atom stereocenters. The summed E-state index contributed by atoms with van der Waals surface area (Å²) in [6.45, 7) is 5.58. The van der Waals surface area contributed by atoms with Crippen LogP contribution in [0, 0.1) is 5.41 Å². The fourth-order valence-electron chi connectivity index (χ4n) is 1.07. The normalized spacial score (nSPS) is 15.2. The molecule has 0 spiro atoms. The van der Waals surface area contributed by atoms with Crippen LogP contribution >= 0.6 is 11.6 Å². The second-order valence-corrected chi connectivity index (χ2v) is 3.68. The van der Waals surface area contributed by atoms with Gasteiger partial charge in [0.2, 0.25) is 5.91 Å². The molecule has 1 unspecified atom stereocenters. The molecule has 0 bridgehead atoms. The number of carbonyl (C=O) groups excluding carboxylic acids is 1. The minimum atomic E-state index is -0.290. The Labute approximate surface area is 78.8 Å². The molecule has 0 aliphatic heterocycles. The number of carbonyl (C=O) groups is 1. The van der Waals surface area contributed by atoms with Gasteiger partial charge < -0.3 is 5.73 Å². The van der Waals surface area contributed by atoms with Crippen LogP contribution in [0.2, 0.25) is 0 Å². The maximum absolute atomic E-state index is 10.7. The highest BCUT2D eigenvalue weighted by Crippen LogP contribution is 2.28. The molecule has 3 heteroatoms. The van der Waals surface area contributed by atoms with Crippen LogP contribution in [-0.4, -0.2) is 11.8 Å². The van der Waals surface area contributed by atoms with Crippen LogP contribution in [-0.2, 0) is 4.79 Å². The average Bonchev–Trinajstić information content (AvgIpc) is 2.00. The van der Waals surface area contributed by atoms with Crippen molar-refractivity contribution in [1.82, 2.24) is 0 Å². The Kier molecular flexibility index (Phi) is 4.98. The largest absolute Gasteiger partial charge is 0.370 e. The lowest BCUT2D eigenvalue weighted by Gasteiger charge is -2.24. The lowest BCUT2D eigenvalue weighted by molar-refractivity contribution is -0.119. The molecule has 0 aliphatic rings. The van der Waals surface area contributed by atoms with Gasteiger partial charge in [-0.1, -0.05) is 13.0 Å². The molecule has 0 saturated heterocycles. The van der Waals surface area contributed by atoms with Gasteiger partial charge in [0.15, 0.2) is 0 Å². The molecule has 2 N–H and O–H groups in total. The first-order valence-electron chi connectivity index (χ1n) is 3.99. The Hall–Kier alpha value is -0.500. The van der Waals surface area contributed by atoms with Crippen LogP contribution in [0.25, 0.3) is 0 Å². The highest BCUT2D eigenvalue weighted by Gasteiger charge is 2.24. The maximum atomic E-state index is 10.7. The number of allylic oxidation sites excluding steroid dienone is 1. The van der Waals surface area contributed by atoms with E-state index in [4.69, 9.17) is 17.3 Å². The first-order valence-corrected chi connectivity index (χ1v) is 4.53. The average molecular weight is 190 g/mol. The van der Waals surface area contributed by atoms with Gasteiger partial charge in [0.1, 0.15) is 0 Å². The molecule has 0 radical (unpaired) electrons. The molecule has 12 heavy (non-hydrogen) atoms. The summed E-state index contributed by atoms with van der Waals surface area (Å²) in [5.74, 6) is 0.172. The van der Waals surface area contributed by atoms with Crippen molar-refractivity contribution in [3.05, 3.63) is 12.7 Å². The standard InChI is InChI=1S/C9H16ClNO/c1-3-4-5-9(2,7-10)6-8(11)12/h3H,1,4-7H2,2H3,(H2,11,12). The predicted octanol–water partition coefficient (Wildman–Crippen LogP) is 2.07. The number of halogens is 1. The number of hydrogen-bond donors (Lipinski definition) is 1. The van der Waals surface area contributed by atoms with Crippen LogP contribution in [0.3, 0.4) is 0 Å². The summed E-state index contributed by atoms with van der Waals surface area (Å²) in [5.41, 5.74) is 4.94. The predicted molar refractivity (Wildman–Crippen MR) is 52.1 cm³/mol. The molecule has 0 aromatic rings. The van der Waals surface area contributed by atoms with E-state index in [1.165, 1.54) is 0 Å². The van der Waals surface area contributed by atoms with Crippen molar-refractivity contribution in [2.45, 2.75) is 26.2 Å². The Morgan fingerprint density at radius 1 is 1.75 bits per heavy atom. The lowest BCUT2D eigenvalue weighted by Crippen LogP contribution is -2.26. The van der Waals surface area contributed by atoms with Gasteiger partial charge in [-0.2, -0.15) is 0 Å². The minimum absolute atomic E-state index is 0.165. The van der Waals surface area contributed by atoms with E-state index in [0.717, 1.165) is 12.8 Å². The van der Waals surface area contributed by atoms with Crippen molar-refractivity contribution in [1.29, 1.82) is 0 Å². The van der Waals surface area contributed by atoms with Crippen molar-refractivity contribution in [2.75, 3.05) is 5.88 Å². The first-order chi connectivity index (χ1) is 5.54. The smallest absolute Gasteiger partial charge is 0.218 e. The number of amides is 1. The SMILES string of the molecule is C=CCCC(C)(CCl)CC(N)=O. The molecule has 0 heterocycles. The number of primary amides is 1. The summed E-state index contributed by atoms with van der Waals surface area (Å²) in [4.78, 5) is 10.7. The zero-order valence-corrected chi connectivity index (χ0v) is 8.23. The second-order valence-electron chi connectivity index (χ2n) is 3.41. The van der Waals surface area contributed by atoms with Gasteiger partial charge in [-0.25, -0.2) is 0 Å². The van der Waals surface area contributed by atoms with Crippen molar-refractivity contribution in [3.8, 4) is 0 Å². The molecular formula is C9H16ClNO. The topological polar surface area (TPSA) is 43.1 Å². The number of alkyl halides is 1. The highest BCUT2D eigenvalue weighted by molar-refractivity contribution is 6.18. The quantitative estimate of drug-likeness (QED) is 0.505. The summed E-state index contributed by atoms with van der Waals surface area (Å²) in [6.07, 6.45) is 3.91. The molecular weight excluding hydrogens is 174 g/mol. The van der Waals surface area contributed by atoms with E-state index in [-0.39, 0.29) is 11.3 Å². The summed E-state index contributed by atoms with van der Waals surface area (Å²) >= 11 is 5.75. The van der Waals surface area contributed by atoms with Gasteiger partial charge in [-0.05, 0) is 18.3 Å². The van der Waals surface area contributed by atoms with E-state index in [2.05, 4.69) is 6.58 Å². The molecule has 2 nitrogen and oxygen atoms in total. The van der Waals surface area contributed by atoms with Crippen molar-refractivity contribution < 1.29 is 4.79 Å². The Morgan fingerprint density at radius 3 is 2.67 bits per heavy atom. The number of rotatable bonds is 6. The van der Waals surface area contributed by atoms with Gasteiger partial charge in [0.25, 0.3) is 0 Å². The van der Waals surface area contributed by atoms with Gasteiger partial charge in [0.05, 0.1) is 0 Å².